The van der Waals surface area contributed by atoms with Crippen molar-refractivity contribution in [3.63, 3.8) is 0 Å². The largest absolute Gasteiger partial charge is 0.265 e. The zero-order valence-corrected chi connectivity index (χ0v) is 12.8. The average molecular weight is 267 g/mol. The maximum absolute atomic E-state index is 4.07. The smallest absolute Gasteiger partial charge is 0.0270 e. The minimum Gasteiger partial charge on any atom is -0.265 e. The van der Waals surface area contributed by atoms with Crippen molar-refractivity contribution in [2.24, 2.45) is 11.8 Å². The quantitative estimate of drug-likeness (QED) is 0.739. The summed E-state index contributed by atoms with van der Waals surface area (Å²) in [5.74, 6) is 1.39. The predicted octanol–water partition coefficient (Wildman–Crippen LogP) is 4.70. The van der Waals surface area contributed by atoms with E-state index in [1.54, 1.807) is 0 Å². The molecule has 1 aromatic heterocycles. The van der Waals surface area contributed by atoms with E-state index in [0.29, 0.717) is 5.92 Å². The molecule has 0 N–H and O–H groups in total. The standard InChI is InChI=1S/C19H25N/c1-15(2)12-17-4-6-18(7-5-17)13-16(3)14-19-8-10-20-11-9-19/h4-11,15-16H,12-14H2,1-3H3. The van der Waals surface area contributed by atoms with Crippen LogP contribution >= 0.6 is 0 Å². The van der Waals surface area contributed by atoms with Crippen molar-refractivity contribution >= 4 is 0 Å². The summed E-state index contributed by atoms with van der Waals surface area (Å²) in [6.07, 6.45) is 7.19. The van der Waals surface area contributed by atoms with E-state index in [-0.39, 0.29) is 0 Å². The fraction of sp³-hybridized carbons (Fsp3) is 0.421. The number of nitrogens with zero attached hydrogens (tertiary/aromatic N) is 1. The summed E-state index contributed by atoms with van der Waals surface area (Å²) in [6.45, 7) is 6.86. The molecule has 0 radical (unpaired) electrons. The van der Waals surface area contributed by atoms with Crippen LogP contribution in [0.2, 0.25) is 0 Å². The Balaban J connectivity index is 1.89. The molecule has 2 rings (SSSR count). The summed E-state index contributed by atoms with van der Waals surface area (Å²) in [4.78, 5) is 4.07. The lowest BCUT2D eigenvalue weighted by molar-refractivity contribution is 0.576. The van der Waals surface area contributed by atoms with E-state index in [1.165, 1.54) is 23.1 Å². The summed E-state index contributed by atoms with van der Waals surface area (Å²) >= 11 is 0. The van der Waals surface area contributed by atoms with Crippen LogP contribution in [0.5, 0.6) is 0 Å². The van der Waals surface area contributed by atoms with Crippen LogP contribution in [0.25, 0.3) is 0 Å². The van der Waals surface area contributed by atoms with Crippen LogP contribution in [-0.4, -0.2) is 4.98 Å². The zero-order chi connectivity index (χ0) is 14.4. The lowest BCUT2D eigenvalue weighted by Crippen LogP contribution is -2.04. The molecule has 0 saturated carbocycles. The first-order valence-corrected chi connectivity index (χ1v) is 7.60. The molecule has 0 aliphatic heterocycles. The van der Waals surface area contributed by atoms with Crippen molar-refractivity contribution in [2.75, 3.05) is 0 Å². The van der Waals surface area contributed by atoms with Gasteiger partial charge in [0.15, 0.2) is 0 Å². The third kappa shape index (κ3) is 4.80. The highest BCUT2D eigenvalue weighted by Gasteiger charge is 2.05. The second-order valence-corrected chi connectivity index (χ2v) is 6.28. The molecular weight excluding hydrogens is 242 g/mol. The Labute approximate surface area is 123 Å². The maximum Gasteiger partial charge on any atom is 0.0270 e. The first kappa shape index (κ1) is 14.8. The van der Waals surface area contributed by atoms with Gasteiger partial charge in [0, 0.05) is 12.4 Å². The van der Waals surface area contributed by atoms with E-state index in [2.05, 4.69) is 62.2 Å². The SMILES string of the molecule is CC(C)Cc1ccc(CC(C)Cc2ccncc2)cc1. The fourth-order valence-electron chi connectivity index (χ4n) is 2.68. The van der Waals surface area contributed by atoms with Crippen molar-refractivity contribution in [1.82, 2.24) is 4.98 Å². The highest BCUT2D eigenvalue weighted by molar-refractivity contribution is 5.23. The molecule has 1 nitrogen and oxygen atoms in total. The van der Waals surface area contributed by atoms with E-state index < -0.39 is 0 Å². The summed E-state index contributed by atoms with van der Waals surface area (Å²) in [7, 11) is 0. The first-order valence-electron chi connectivity index (χ1n) is 7.60. The lowest BCUT2D eigenvalue weighted by Gasteiger charge is -2.12. The molecule has 106 valence electrons. The number of pyridine rings is 1. The molecule has 1 atom stereocenters. The minimum atomic E-state index is 0.661. The number of hydrogen-bond acceptors (Lipinski definition) is 1. The fourth-order valence-corrected chi connectivity index (χ4v) is 2.68. The molecule has 20 heavy (non-hydrogen) atoms. The van der Waals surface area contributed by atoms with Crippen LogP contribution in [0.15, 0.2) is 48.8 Å². The molecule has 0 saturated heterocycles. The van der Waals surface area contributed by atoms with Crippen LogP contribution in [0.1, 0.15) is 37.5 Å². The topological polar surface area (TPSA) is 12.9 Å². The summed E-state index contributed by atoms with van der Waals surface area (Å²) in [6, 6.07) is 13.4. The van der Waals surface area contributed by atoms with Gasteiger partial charge >= 0.3 is 0 Å². The van der Waals surface area contributed by atoms with Crippen LogP contribution in [-0.2, 0) is 19.3 Å². The number of aromatic nitrogens is 1. The molecule has 0 spiro atoms. The van der Waals surface area contributed by atoms with Gasteiger partial charge in [-0.05, 0) is 59.9 Å². The molecule has 0 aliphatic carbocycles. The molecule has 1 heteroatoms. The second-order valence-electron chi connectivity index (χ2n) is 6.28. The third-order valence-corrected chi connectivity index (χ3v) is 3.58. The molecule has 0 aliphatic rings. The van der Waals surface area contributed by atoms with Gasteiger partial charge < -0.3 is 0 Å². The minimum absolute atomic E-state index is 0.661. The summed E-state index contributed by atoms with van der Waals surface area (Å²) in [5.41, 5.74) is 4.27. The number of hydrogen-bond donors (Lipinski definition) is 0. The van der Waals surface area contributed by atoms with E-state index in [4.69, 9.17) is 0 Å². The summed E-state index contributed by atoms with van der Waals surface area (Å²) in [5, 5.41) is 0. The van der Waals surface area contributed by atoms with E-state index in [1.807, 2.05) is 12.4 Å². The van der Waals surface area contributed by atoms with Crippen molar-refractivity contribution in [3.05, 3.63) is 65.5 Å². The number of benzene rings is 1. The Morgan fingerprint density at radius 2 is 1.15 bits per heavy atom. The van der Waals surface area contributed by atoms with Gasteiger partial charge in [0.05, 0.1) is 0 Å². The van der Waals surface area contributed by atoms with Crippen LogP contribution in [0.3, 0.4) is 0 Å². The highest BCUT2D eigenvalue weighted by Crippen LogP contribution is 2.16. The lowest BCUT2D eigenvalue weighted by atomic mass is 9.93. The molecule has 1 heterocycles. The van der Waals surface area contributed by atoms with Gasteiger partial charge in [0.2, 0.25) is 0 Å². The van der Waals surface area contributed by atoms with Gasteiger partial charge in [-0.3, -0.25) is 4.98 Å². The van der Waals surface area contributed by atoms with Gasteiger partial charge in [0.25, 0.3) is 0 Å². The molecule has 0 amide bonds. The van der Waals surface area contributed by atoms with E-state index in [0.717, 1.165) is 18.8 Å². The normalized spacial score (nSPS) is 12.6. The van der Waals surface area contributed by atoms with Crippen molar-refractivity contribution in [3.8, 4) is 0 Å². The molecule has 0 fully saturated rings. The molecule has 1 unspecified atom stereocenters. The Bertz CT molecular complexity index is 499. The molecule has 1 aromatic carbocycles. The van der Waals surface area contributed by atoms with Crippen LogP contribution in [0.4, 0.5) is 0 Å². The van der Waals surface area contributed by atoms with Crippen molar-refractivity contribution in [1.29, 1.82) is 0 Å². The van der Waals surface area contributed by atoms with Crippen molar-refractivity contribution in [2.45, 2.75) is 40.0 Å². The van der Waals surface area contributed by atoms with Gasteiger partial charge in [-0.15, -0.1) is 0 Å². The Hall–Kier alpha value is -1.63. The zero-order valence-electron chi connectivity index (χ0n) is 12.8. The predicted molar refractivity (Wildman–Crippen MR) is 85.8 cm³/mol. The average Bonchev–Trinajstić information content (AvgIpc) is 2.41. The molecular formula is C19H25N. The van der Waals surface area contributed by atoms with Gasteiger partial charge in [0.1, 0.15) is 0 Å². The maximum atomic E-state index is 4.07. The van der Waals surface area contributed by atoms with Gasteiger partial charge in [-0.1, -0.05) is 45.0 Å². The highest BCUT2D eigenvalue weighted by atomic mass is 14.6. The Morgan fingerprint density at radius 3 is 1.65 bits per heavy atom. The van der Waals surface area contributed by atoms with Crippen molar-refractivity contribution < 1.29 is 0 Å². The monoisotopic (exact) mass is 267 g/mol. The first-order chi connectivity index (χ1) is 9.63. The van der Waals surface area contributed by atoms with Crippen LogP contribution < -0.4 is 0 Å². The second kappa shape index (κ2) is 7.23. The van der Waals surface area contributed by atoms with E-state index in [9.17, 15) is 0 Å². The third-order valence-electron chi connectivity index (χ3n) is 3.58. The Kier molecular flexibility index (Phi) is 5.34. The van der Waals surface area contributed by atoms with E-state index >= 15 is 0 Å². The van der Waals surface area contributed by atoms with Crippen LogP contribution in [0, 0.1) is 11.8 Å². The number of rotatable bonds is 6. The van der Waals surface area contributed by atoms with Gasteiger partial charge in [-0.25, -0.2) is 0 Å². The van der Waals surface area contributed by atoms with Gasteiger partial charge in [-0.2, -0.15) is 0 Å². The summed E-state index contributed by atoms with van der Waals surface area (Å²) < 4.78 is 0. The molecule has 2 aromatic rings. The molecule has 0 bridgehead atoms. The Morgan fingerprint density at radius 1 is 0.700 bits per heavy atom.